The highest BCUT2D eigenvalue weighted by Gasteiger charge is 2.05. The van der Waals surface area contributed by atoms with Crippen LogP contribution in [-0.2, 0) is 11.3 Å². The number of carbonyl (C=O) groups is 1. The third-order valence-corrected chi connectivity index (χ3v) is 2.12. The summed E-state index contributed by atoms with van der Waals surface area (Å²) in [6.07, 6.45) is 1.50. The normalized spacial score (nSPS) is 10.6. The maximum absolute atomic E-state index is 10.5. The Labute approximate surface area is 84.7 Å². The molecule has 0 atom stereocenters. The van der Waals surface area contributed by atoms with E-state index in [2.05, 4.69) is 4.98 Å². The number of aliphatic carboxylic acids is 1. The molecule has 1 aromatic carbocycles. The van der Waals surface area contributed by atoms with Crippen LogP contribution in [0.1, 0.15) is 0 Å². The van der Waals surface area contributed by atoms with Crippen LogP contribution in [0, 0.1) is 0 Å². The molecule has 14 heavy (non-hydrogen) atoms. The summed E-state index contributed by atoms with van der Waals surface area (Å²) in [5.74, 6) is -0.899. The number of nitrogens with zero attached hydrogens (tertiary/aromatic N) is 2. The fourth-order valence-corrected chi connectivity index (χ4v) is 1.47. The second kappa shape index (κ2) is 3.31. The Morgan fingerprint density at radius 2 is 2.36 bits per heavy atom. The van der Waals surface area contributed by atoms with Crippen molar-refractivity contribution in [1.82, 2.24) is 9.55 Å². The van der Waals surface area contributed by atoms with Crippen molar-refractivity contribution in [2.75, 3.05) is 0 Å². The van der Waals surface area contributed by atoms with Gasteiger partial charge in [-0.25, -0.2) is 4.98 Å². The quantitative estimate of drug-likeness (QED) is 0.822. The van der Waals surface area contributed by atoms with Gasteiger partial charge in [0.25, 0.3) is 0 Å². The van der Waals surface area contributed by atoms with E-state index in [1.165, 1.54) is 6.33 Å². The van der Waals surface area contributed by atoms with Crippen LogP contribution in [0.25, 0.3) is 11.0 Å². The number of imidazole rings is 1. The van der Waals surface area contributed by atoms with E-state index >= 15 is 0 Å². The molecule has 0 bridgehead atoms. The van der Waals surface area contributed by atoms with E-state index in [0.29, 0.717) is 5.02 Å². The number of aromatic nitrogens is 2. The van der Waals surface area contributed by atoms with Crippen LogP contribution in [0.4, 0.5) is 0 Å². The lowest BCUT2D eigenvalue weighted by molar-refractivity contribution is -0.137. The van der Waals surface area contributed by atoms with Crippen LogP contribution in [0.2, 0.25) is 5.02 Å². The highest BCUT2D eigenvalue weighted by atomic mass is 35.5. The molecule has 0 amide bonds. The van der Waals surface area contributed by atoms with Crippen LogP contribution < -0.4 is 0 Å². The molecule has 0 aliphatic heterocycles. The molecule has 0 aliphatic rings. The maximum atomic E-state index is 10.5. The number of fused-ring (bicyclic) bond motifs is 1. The maximum Gasteiger partial charge on any atom is 0.323 e. The zero-order chi connectivity index (χ0) is 10.1. The van der Waals surface area contributed by atoms with E-state index in [1.54, 1.807) is 22.8 Å². The van der Waals surface area contributed by atoms with Gasteiger partial charge in [-0.15, -0.1) is 0 Å². The van der Waals surface area contributed by atoms with Crippen LogP contribution in [0.3, 0.4) is 0 Å². The van der Waals surface area contributed by atoms with Crippen molar-refractivity contribution < 1.29 is 9.90 Å². The Morgan fingerprint density at radius 3 is 3.07 bits per heavy atom. The van der Waals surface area contributed by atoms with Crippen molar-refractivity contribution in [3.05, 3.63) is 29.5 Å². The molecule has 0 aliphatic carbocycles. The highest BCUT2D eigenvalue weighted by molar-refractivity contribution is 6.31. The molecule has 5 heteroatoms. The fourth-order valence-electron chi connectivity index (χ4n) is 1.30. The minimum Gasteiger partial charge on any atom is -0.480 e. The molecule has 2 aromatic rings. The summed E-state index contributed by atoms with van der Waals surface area (Å²) in [4.78, 5) is 14.6. The van der Waals surface area contributed by atoms with Gasteiger partial charge in [-0.2, -0.15) is 0 Å². The molecule has 1 aromatic heterocycles. The van der Waals surface area contributed by atoms with Crippen molar-refractivity contribution in [3.8, 4) is 0 Å². The van der Waals surface area contributed by atoms with Crippen molar-refractivity contribution in [2.24, 2.45) is 0 Å². The van der Waals surface area contributed by atoms with Crippen LogP contribution in [-0.4, -0.2) is 20.6 Å². The number of carboxylic acid groups (broad SMARTS) is 1. The van der Waals surface area contributed by atoms with Crippen LogP contribution in [0.5, 0.6) is 0 Å². The first-order valence-corrected chi connectivity index (χ1v) is 4.37. The van der Waals surface area contributed by atoms with E-state index in [4.69, 9.17) is 16.7 Å². The predicted octanol–water partition coefficient (Wildman–Crippen LogP) is 1.77. The van der Waals surface area contributed by atoms with Gasteiger partial charge in [-0.1, -0.05) is 11.6 Å². The largest absolute Gasteiger partial charge is 0.480 e. The van der Waals surface area contributed by atoms with E-state index in [1.807, 2.05) is 0 Å². The summed E-state index contributed by atoms with van der Waals surface area (Å²) < 4.78 is 1.55. The number of benzene rings is 1. The Kier molecular flexibility index (Phi) is 2.13. The molecule has 0 unspecified atom stereocenters. The summed E-state index contributed by atoms with van der Waals surface area (Å²) >= 11 is 5.80. The first-order valence-electron chi connectivity index (χ1n) is 3.99. The third-order valence-electron chi connectivity index (χ3n) is 1.89. The van der Waals surface area contributed by atoms with Crippen molar-refractivity contribution in [2.45, 2.75) is 6.54 Å². The van der Waals surface area contributed by atoms with Gasteiger partial charge >= 0.3 is 5.97 Å². The second-order valence-corrected chi connectivity index (χ2v) is 3.34. The minimum atomic E-state index is -0.899. The molecule has 0 fully saturated rings. The van der Waals surface area contributed by atoms with Crippen molar-refractivity contribution >= 4 is 28.6 Å². The molecule has 1 N–H and O–H groups in total. The summed E-state index contributed by atoms with van der Waals surface area (Å²) in [5.41, 5.74) is 1.48. The molecule has 0 radical (unpaired) electrons. The SMILES string of the molecule is O=C(O)Cn1cnc2ccc(Cl)cc21. The molecular weight excluding hydrogens is 204 g/mol. The molecule has 72 valence electrons. The van der Waals surface area contributed by atoms with Crippen molar-refractivity contribution in [1.29, 1.82) is 0 Å². The lowest BCUT2D eigenvalue weighted by atomic mass is 10.3. The van der Waals surface area contributed by atoms with Gasteiger partial charge in [0.2, 0.25) is 0 Å². The molecule has 0 saturated carbocycles. The van der Waals surface area contributed by atoms with Crippen LogP contribution >= 0.6 is 11.6 Å². The second-order valence-electron chi connectivity index (χ2n) is 2.90. The van der Waals surface area contributed by atoms with Gasteiger partial charge < -0.3 is 9.67 Å². The standard InChI is InChI=1S/C9H7ClN2O2/c10-6-1-2-7-8(3-6)12(5-11-7)4-9(13)14/h1-3,5H,4H2,(H,13,14). The van der Waals surface area contributed by atoms with Gasteiger partial charge in [0.05, 0.1) is 17.4 Å². The van der Waals surface area contributed by atoms with E-state index in [-0.39, 0.29) is 6.54 Å². The monoisotopic (exact) mass is 210 g/mol. The zero-order valence-corrected chi connectivity index (χ0v) is 7.90. The predicted molar refractivity (Wildman–Crippen MR) is 52.4 cm³/mol. The summed E-state index contributed by atoms with van der Waals surface area (Å²) in [5, 5.41) is 9.21. The third kappa shape index (κ3) is 1.56. The summed E-state index contributed by atoms with van der Waals surface area (Å²) in [6, 6.07) is 5.19. The first-order chi connectivity index (χ1) is 6.66. The number of halogens is 1. The Morgan fingerprint density at radius 1 is 1.57 bits per heavy atom. The lowest BCUT2D eigenvalue weighted by Crippen LogP contribution is -2.07. The van der Waals surface area contributed by atoms with E-state index in [9.17, 15) is 4.79 Å². The first kappa shape index (κ1) is 9.02. The zero-order valence-electron chi connectivity index (χ0n) is 7.14. The topological polar surface area (TPSA) is 55.1 Å². The van der Waals surface area contributed by atoms with Gasteiger partial charge in [0.1, 0.15) is 6.54 Å². The van der Waals surface area contributed by atoms with Gasteiger partial charge in [0.15, 0.2) is 0 Å². The number of hydrogen-bond donors (Lipinski definition) is 1. The average Bonchev–Trinajstić information content (AvgIpc) is 2.47. The minimum absolute atomic E-state index is 0.100. The molecule has 2 rings (SSSR count). The lowest BCUT2D eigenvalue weighted by Gasteiger charge is -1.99. The molecular formula is C9H7ClN2O2. The fraction of sp³-hybridized carbons (Fsp3) is 0.111. The average molecular weight is 211 g/mol. The molecule has 4 nitrogen and oxygen atoms in total. The Bertz CT molecular complexity index is 493. The Balaban J connectivity index is 2.55. The van der Waals surface area contributed by atoms with Gasteiger partial charge in [-0.05, 0) is 18.2 Å². The van der Waals surface area contributed by atoms with Gasteiger partial charge in [0, 0.05) is 5.02 Å². The summed E-state index contributed by atoms with van der Waals surface area (Å²) in [7, 11) is 0. The molecule has 1 heterocycles. The molecule has 0 spiro atoms. The Hall–Kier alpha value is -1.55. The molecule has 0 saturated heterocycles. The van der Waals surface area contributed by atoms with Crippen molar-refractivity contribution in [3.63, 3.8) is 0 Å². The summed E-state index contributed by atoms with van der Waals surface area (Å²) in [6.45, 7) is -0.100. The number of rotatable bonds is 2. The van der Waals surface area contributed by atoms with Crippen LogP contribution in [0.15, 0.2) is 24.5 Å². The number of hydrogen-bond acceptors (Lipinski definition) is 2. The van der Waals surface area contributed by atoms with Gasteiger partial charge in [-0.3, -0.25) is 4.79 Å². The van der Waals surface area contributed by atoms with E-state index < -0.39 is 5.97 Å². The smallest absolute Gasteiger partial charge is 0.323 e. The highest BCUT2D eigenvalue weighted by Crippen LogP contribution is 2.17. The number of carboxylic acids is 1. The van der Waals surface area contributed by atoms with E-state index in [0.717, 1.165) is 11.0 Å².